The molecule has 3 N–H and O–H groups in total. The van der Waals surface area contributed by atoms with Crippen molar-refractivity contribution >= 4 is 23.5 Å². The van der Waals surface area contributed by atoms with Crippen LogP contribution in [0.1, 0.15) is 47.8 Å². The number of hydrogen-bond acceptors (Lipinski definition) is 5. The Bertz CT molecular complexity index is 1080. The molecular weight excluding hydrogens is 416 g/mol. The molecule has 3 atom stereocenters. The predicted molar refractivity (Wildman–Crippen MR) is 128 cm³/mol. The first-order chi connectivity index (χ1) is 16.1. The quantitative estimate of drug-likeness (QED) is 0.656. The largest absolute Gasteiger partial charge is 0.481 e. The van der Waals surface area contributed by atoms with Crippen LogP contribution < -0.4 is 10.6 Å². The summed E-state index contributed by atoms with van der Waals surface area (Å²) in [5, 5.41) is 16.0. The van der Waals surface area contributed by atoms with Gasteiger partial charge in [-0.2, -0.15) is 0 Å². The van der Waals surface area contributed by atoms with Gasteiger partial charge in [-0.15, -0.1) is 0 Å². The SMILES string of the molecule is O=C(O)C[C@@H]1c2ccccc2C2CN(C(=O)Cc3cccc(NC4=NCCCN4)c3)CCC21. The second-order valence-corrected chi connectivity index (χ2v) is 9.24. The van der Waals surface area contributed by atoms with E-state index in [1.165, 1.54) is 5.56 Å². The molecule has 5 rings (SSSR count). The normalized spacial score (nSPS) is 23.7. The van der Waals surface area contributed by atoms with Gasteiger partial charge < -0.3 is 20.6 Å². The van der Waals surface area contributed by atoms with Crippen LogP contribution in [0.4, 0.5) is 5.69 Å². The molecule has 2 unspecified atom stereocenters. The van der Waals surface area contributed by atoms with E-state index >= 15 is 0 Å². The van der Waals surface area contributed by atoms with Gasteiger partial charge in [0, 0.05) is 37.8 Å². The van der Waals surface area contributed by atoms with Gasteiger partial charge in [0.05, 0.1) is 12.8 Å². The first-order valence-corrected chi connectivity index (χ1v) is 11.8. The fourth-order valence-electron chi connectivity index (χ4n) is 5.67. The van der Waals surface area contributed by atoms with E-state index in [2.05, 4.69) is 27.8 Å². The lowest BCUT2D eigenvalue weighted by atomic mass is 9.80. The van der Waals surface area contributed by atoms with E-state index in [4.69, 9.17) is 0 Å². The monoisotopic (exact) mass is 446 g/mol. The summed E-state index contributed by atoms with van der Waals surface area (Å²) < 4.78 is 0. The molecule has 1 fully saturated rings. The molecule has 1 saturated heterocycles. The number of benzene rings is 2. The number of anilines is 1. The summed E-state index contributed by atoms with van der Waals surface area (Å²) >= 11 is 0. The second kappa shape index (κ2) is 9.25. The zero-order valence-corrected chi connectivity index (χ0v) is 18.7. The minimum absolute atomic E-state index is 0.0417. The van der Waals surface area contributed by atoms with Crippen molar-refractivity contribution in [3.63, 3.8) is 0 Å². The van der Waals surface area contributed by atoms with Crippen LogP contribution >= 0.6 is 0 Å². The number of carbonyl (C=O) groups is 2. The summed E-state index contributed by atoms with van der Waals surface area (Å²) in [4.78, 5) is 31.1. The molecule has 172 valence electrons. The summed E-state index contributed by atoms with van der Waals surface area (Å²) in [6, 6.07) is 16.1. The molecule has 2 aromatic rings. The lowest BCUT2D eigenvalue weighted by molar-refractivity contribution is -0.138. The van der Waals surface area contributed by atoms with Crippen LogP contribution in [0.5, 0.6) is 0 Å². The van der Waals surface area contributed by atoms with Crippen LogP contribution in [-0.2, 0) is 16.0 Å². The highest BCUT2D eigenvalue weighted by Crippen LogP contribution is 2.51. The van der Waals surface area contributed by atoms with E-state index in [-0.39, 0.29) is 24.2 Å². The summed E-state index contributed by atoms with van der Waals surface area (Å²) in [7, 11) is 0. The van der Waals surface area contributed by atoms with Crippen LogP contribution in [0.2, 0.25) is 0 Å². The van der Waals surface area contributed by atoms with Crippen molar-refractivity contribution in [1.29, 1.82) is 0 Å². The topological polar surface area (TPSA) is 94.0 Å². The van der Waals surface area contributed by atoms with E-state index in [9.17, 15) is 14.7 Å². The Kier molecular flexibility index (Phi) is 6.03. The van der Waals surface area contributed by atoms with E-state index in [0.29, 0.717) is 25.4 Å². The third-order valence-corrected chi connectivity index (χ3v) is 7.17. The van der Waals surface area contributed by atoms with Crippen molar-refractivity contribution in [3.8, 4) is 0 Å². The van der Waals surface area contributed by atoms with Crippen LogP contribution in [0.15, 0.2) is 53.5 Å². The molecule has 3 aliphatic rings. The Morgan fingerprint density at radius 1 is 1.15 bits per heavy atom. The number of carboxylic acid groups (broad SMARTS) is 1. The number of fused-ring (bicyclic) bond motifs is 3. The van der Waals surface area contributed by atoms with Crippen LogP contribution in [-0.4, -0.2) is 54.0 Å². The molecule has 1 amide bonds. The number of nitrogens with zero attached hydrogens (tertiary/aromatic N) is 2. The average molecular weight is 447 g/mol. The molecular formula is C26H30N4O3. The third-order valence-electron chi connectivity index (χ3n) is 7.17. The molecule has 0 spiro atoms. The highest BCUT2D eigenvalue weighted by Gasteiger charge is 2.44. The van der Waals surface area contributed by atoms with Gasteiger partial charge >= 0.3 is 5.97 Å². The molecule has 33 heavy (non-hydrogen) atoms. The second-order valence-electron chi connectivity index (χ2n) is 9.24. The van der Waals surface area contributed by atoms with Gasteiger partial charge in [0.2, 0.25) is 5.91 Å². The standard InChI is InChI=1S/C26H30N4O3/c31-24(14-17-5-3-6-18(13-17)29-26-27-10-4-11-28-26)30-12-9-21-22(15-25(32)33)19-7-1-2-8-20(19)23(21)16-30/h1-3,5-8,13,21-23H,4,9-12,14-16H2,(H,32,33)(H2,27,28,29)/t21?,22-,23?/m1/s1. The number of piperidine rings is 1. The summed E-state index contributed by atoms with van der Waals surface area (Å²) in [6.07, 6.45) is 2.40. The summed E-state index contributed by atoms with van der Waals surface area (Å²) in [5.41, 5.74) is 4.27. The minimum Gasteiger partial charge on any atom is -0.481 e. The Morgan fingerprint density at radius 3 is 2.79 bits per heavy atom. The number of hydrogen-bond donors (Lipinski definition) is 3. The minimum atomic E-state index is -0.753. The number of carboxylic acids is 1. The van der Waals surface area contributed by atoms with Crippen LogP contribution in [0.3, 0.4) is 0 Å². The molecule has 2 heterocycles. The highest BCUT2D eigenvalue weighted by atomic mass is 16.4. The van der Waals surface area contributed by atoms with Crippen molar-refractivity contribution < 1.29 is 14.7 Å². The molecule has 0 aromatic heterocycles. The molecule has 2 aliphatic heterocycles. The van der Waals surface area contributed by atoms with Gasteiger partial charge in [0.25, 0.3) is 0 Å². The maximum atomic E-state index is 13.2. The number of carbonyl (C=O) groups excluding carboxylic acids is 1. The Hall–Kier alpha value is -3.35. The number of aliphatic imine (C=N–C) groups is 1. The smallest absolute Gasteiger partial charge is 0.303 e. The first kappa shape index (κ1) is 21.5. The number of aliphatic carboxylic acids is 1. The zero-order chi connectivity index (χ0) is 22.8. The summed E-state index contributed by atoms with van der Waals surface area (Å²) in [5.74, 6) is 0.697. The predicted octanol–water partition coefficient (Wildman–Crippen LogP) is 3.19. The molecule has 0 radical (unpaired) electrons. The fourth-order valence-corrected chi connectivity index (χ4v) is 5.67. The van der Waals surface area contributed by atoms with E-state index in [1.54, 1.807) is 0 Å². The number of rotatable bonds is 5. The van der Waals surface area contributed by atoms with Gasteiger partial charge in [-0.1, -0.05) is 36.4 Å². The number of likely N-dealkylation sites (tertiary alicyclic amines) is 1. The first-order valence-electron chi connectivity index (χ1n) is 11.8. The highest BCUT2D eigenvalue weighted by molar-refractivity contribution is 5.94. The molecule has 2 aromatic carbocycles. The van der Waals surface area contributed by atoms with Gasteiger partial charge in [-0.25, -0.2) is 0 Å². The number of amides is 1. The van der Waals surface area contributed by atoms with E-state index in [1.807, 2.05) is 41.3 Å². The molecule has 0 saturated carbocycles. The molecule has 7 heteroatoms. The average Bonchev–Trinajstić information content (AvgIpc) is 3.12. The third kappa shape index (κ3) is 4.58. The Balaban J connectivity index is 1.26. The van der Waals surface area contributed by atoms with Gasteiger partial charge in [0.1, 0.15) is 0 Å². The van der Waals surface area contributed by atoms with Gasteiger partial charge in [0.15, 0.2) is 5.96 Å². The Labute approximate surface area is 193 Å². The van der Waals surface area contributed by atoms with Crippen molar-refractivity contribution in [2.45, 2.75) is 37.5 Å². The van der Waals surface area contributed by atoms with Crippen molar-refractivity contribution in [3.05, 3.63) is 65.2 Å². The molecule has 0 bridgehead atoms. The zero-order valence-electron chi connectivity index (χ0n) is 18.7. The molecule has 1 aliphatic carbocycles. The van der Waals surface area contributed by atoms with Gasteiger partial charge in [-0.3, -0.25) is 14.6 Å². The lowest BCUT2D eigenvalue weighted by Gasteiger charge is -2.37. The number of nitrogens with one attached hydrogen (secondary N) is 2. The van der Waals surface area contributed by atoms with Crippen molar-refractivity contribution in [1.82, 2.24) is 10.2 Å². The van der Waals surface area contributed by atoms with Crippen LogP contribution in [0, 0.1) is 5.92 Å². The van der Waals surface area contributed by atoms with Gasteiger partial charge in [-0.05, 0) is 53.5 Å². The van der Waals surface area contributed by atoms with E-state index < -0.39 is 5.97 Å². The Morgan fingerprint density at radius 2 is 2.00 bits per heavy atom. The molecule has 7 nitrogen and oxygen atoms in total. The van der Waals surface area contributed by atoms with Crippen molar-refractivity contribution in [2.75, 3.05) is 31.5 Å². The van der Waals surface area contributed by atoms with Crippen LogP contribution in [0.25, 0.3) is 0 Å². The van der Waals surface area contributed by atoms with Crippen molar-refractivity contribution in [2.24, 2.45) is 10.9 Å². The van der Waals surface area contributed by atoms with E-state index in [0.717, 1.165) is 48.7 Å². The summed E-state index contributed by atoms with van der Waals surface area (Å²) in [6.45, 7) is 3.08. The maximum absolute atomic E-state index is 13.2. The lowest BCUT2D eigenvalue weighted by Crippen LogP contribution is -2.43. The maximum Gasteiger partial charge on any atom is 0.303 e. The fraction of sp³-hybridized carbons (Fsp3) is 0.423. The number of guanidine groups is 1.